The zero-order chi connectivity index (χ0) is 23.1. The van der Waals surface area contributed by atoms with Gasteiger partial charge in [0, 0.05) is 17.2 Å². The van der Waals surface area contributed by atoms with Gasteiger partial charge in [0.15, 0.2) is 0 Å². The molecule has 0 spiro atoms. The monoisotopic (exact) mass is 461 g/mol. The first-order valence-electron chi connectivity index (χ1n) is 12.5. The summed E-state index contributed by atoms with van der Waals surface area (Å²) >= 11 is 0. The van der Waals surface area contributed by atoms with Gasteiger partial charge < -0.3 is 0 Å². The Labute approximate surface area is 205 Å². The first-order valence-corrected chi connectivity index (χ1v) is 14.0. The van der Waals surface area contributed by atoms with Crippen molar-refractivity contribution in [3.05, 3.63) is 115 Å². The van der Waals surface area contributed by atoms with Crippen molar-refractivity contribution < 1.29 is 0 Å². The molecule has 4 atom stereocenters. The van der Waals surface area contributed by atoms with Gasteiger partial charge in [-0.2, -0.15) is 0 Å². The molecule has 3 saturated carbocycles. The lowest BCUT2D eigenvalue weighted by Crippen LogP contribution is -2.56. The average Bonchev–Trinajstić information content (AvgIpc) is 2.90. The van der Waals surface area contributed by atoms with E-state index < -0.39 is 7.92 Å². The Kier molecular flexibility index (Phi) is 5.62. The zero-order valence-corrected chi connectivity index (χ0v) is 20.9. The van der Waals surface area contributed by atoms with E-state index in [1.54, 1.807) is 0 Å². The van der Waals surface area contributed by atoms with Crippen molar-refractivity contribution in [2.24, 2.45) is 17.3 Å². The van der Waals surface area contributed by atoms with E-state index in [1.165, 1.54) is 34.7 Å². The molecule has 3 aliphatic rings. The van der Waals surface area contributed by atoms with Gasteiger partial charge in [0.25, 0.3) is 0 Å². The molecule has 0 N–H and O–H groups in total. The molecule has 7 rings (SSSR count). The van der Waals surface area contributed by atoms with Crippen LogP contribution in [0.2, 0.25) is 0 Å². The maximum atomic E-state index is 5.34. The number of hydrogen-bond donors (Lipinski definition) is 0. The van der Waals surface area contributed by atoms with E-state index in [0.29, 0.717) is 22.9 Å². The molecule has 3 aliphatic carbocycles. The van der Waals surface area contributed by atoms with Gasteiger partial charge in [-0.15, -0.1) is 0 Å². The molecule has 0 radical (unpaired) electrons. The first kappa shape index (κ1) is 21.8. The summed E-state index contributed by atoms with van der Waals surface area (Å²) in [5, 5.41) is 2.99. The van der Waals surface area contributed by atoms with Crippen LogP contribution in [-0.2, 0) is 0 Å². The normalized spacial score (nSPS) is 25.0. The summed E-state index contributed by atoms with van der Waals surface area (Å²) in [6.45, 7) is 5.01. The Morgan fingerprint density at radius 1 is 0.676 bits per heavy atom. The van der Waals surface area contributed by atoms with Gasteiger partial charge in [-0.3, -0.25) is 4.98 Å². The van der Waals surface area contributed by atoms with Crippen LogP contribution in [-0.4, -0.2) is 10.6 Å². The number of rotatable bonds is 5. The van der Waals surface area contributed by atoms with E-state index in [-0.39, 0.29) is 0 Å². The molecule has 1 nitrogen and oxygen atoms in total. The average molecular weight is 462 g/mol. The zero-order valence-electron chi connectivity index (χ0n) is 20.0. The summed E-state index contributed by atoms with van der Waals surface area (Å²) in [5.74, 6) is 1.98. The van der Waals surface area contributed by atoms with Crippen molar-refractivity contribution in [2.75, 3.05) is 0 Å². The molecule has 1 aromatic heterocycles. The standard InChI is InChI=1S/C32H32NP/c1-32(2)24-21-27(32)31(29-20-12-19-28(33-29)23-13-6-3-7-14-23)30(22-24)34(25-15-8-4-9-16-25)26-17-10-5-11-18-26/h3-20,24,27,30-31H,21-22H2,1-2H3. The summed E-state index contributed by atoms with van der Waals surface area (Å²) < 4.78 is 0. The maximum absolute atomic E-state index is 5.34. The molecule has 0 saturated heterocycles. The molecule has 34 heavy (non-hydrogen) atoms. The highest BCUT2D eigenvalue weighted by atomic mass is 31.1. The van der Waals surface area contributed by atoms with Crippen molar-refractivity contribution in [1.82, 2.24) is 4.98 Å². The number of fused-ring (bicyclic) bond motifs is 2. The third kappa shape index (κ3) is 3.71. The minimum atomic E-state index is -0.474. The topological polar surface area (TPSA) is 12.9 Å². The molecule has 3 aromatic carbocycles. The van der Waals surface area contributed by atoms with Crippen LogP contribution in [0.4, 0.5) is 0 Å². The van der Waals surface area contributed by atoms with Crippen molar-refractivity contribution in [3.63, 3.8) is 0 Å². The van der Waals surface area contributed by atoms with E-state index in [1.807, 2.05) is 0 Å². The summed E-state index contributed by atoms with van der Waals surface area (Å²) in [6.07, 6.45) is 2.64. The van der Waals surface area contributed by atoms with E-state index >= 15 is 0 Å². The number of benzene rings is 3. The molecule has 170 valence electrons. The minimum Gasteiger partial charge on any atom is -0.253 e. The predicted octanol–water partition coefficient (Wildman–Crippen LogP) is 7.40. The fraction of sp³-hybridized carbons (Fsp3) is 0.281. The molecule has 3 fully saturated rings. The van der Waals surface area contributed by atoms with Crippen molar-refractivity contribution in [2.45, 2.75) is 38.3 Å². The lowest BCUT2D eigenvalue weighted by Gasteiger charge is -2.63. The van der Waals surface area contributed by atoms with Crippen LogP contribution in [0.5, 0.6) is 0 Å². The van der Waals surface area contributed by atoms with Crippen molar-refractivity contribution in [3.8, 4) is 11.3 Å². The lowest BCUT2D eigenvalue weighted by molar-refractivity contribution is -0.0785. The fourth-order valence-electron chi connectivity index (χ4n) is 6.56. The van der Waals surface area contributed by atoms with Gasteiger partial charge in [0.05, 0.1) is 5.69 Å². The highest BCUT2D eigenvalue weighted by Crippen LogP contribution is 2.69. The second-order valence-corrected chi connectivity index (χ2v) is 13.0. The van der Waals surface area contributed by atoms with Gasteiger partial charge in [-0.25, -0.2) is 0 Å². The van der Waals surface area contributed by atoms with Crippen LogP contribution < -0.4 is 10.6 Å². The highest BCUT2D eigenvalue weighted by molar-refractivity contribution is 7.73. The van der Waals surface area contributed by atoms with Gasteiger partial charge >= 0.3 is 0 Å². The number of aromatic nitrogens is 1. The number of pyridine rings is 1. The largest absolute Gasteiger partial charge is 0.253 e. The van der Waals surface area contributed by atoms with E-state index in [4.69, 9.17) is 4.98 Å². The van der Waals surface area contributed by atoms with Crippen molar-refractivity contribution in [1.29, 1.82) is 0 Å². The maximum Gasteiger partial charge on any atom is 0.0705 e. The van der Waals surface area contributed by atoms with Crippen molar-refractivity contribution >= 4 is 18.5 Å². The Bertz CT molecular complexity index is 1210. The Morgan fingerprint density at radius 2 is 1.26 bits per heavy atom. The Hall–Kier alpha value is -2.76. The third-order valence-electron chi connectivity index (χ3n) is 8.50. The van der Waals surface area contributed by atoms with Gasteiger partial charge in [-0.1, -0.05) is 111 Å². The van der Waals surface area contributed by atoms with Crippen LogP contribution >= 0.6 is 7.92 Å². The SMILES string of the molecule is CC1(C)C2CC(P(c3ccccc3)c3ccccc3)C(c3cccc(-c4ccccc4)n3)C1C2. The van der Waals surface area contributed by atoms with Crippen LogP contribution in [0, 0.1) is 17.3 Å². The second kappa shape index (κ2) is 8.79. The van der Waals surface area contributed by atoms with Crippen LogP contribution in [0.3, 0.4) is 0 Å². The summed E-state index contributed by atoms with van der Waals surface area (Å²) in [4.78, 5) is 5.34. The lowest BCUT2D eigenvalue weighted by atomic mass is 9.45. The minimum absolute atomic E-state index is 0.389. The molecular formula is C32H32NP. The van der Waals surface area contributed by atoms with E-state index in [2.05, 4.69) is 123 Å². The molecular weight excluding hydrogens is 429 g/mol. The highest BCUT2D eigenvalue weighted by Gasteiger charge is 2.59. The smallest absolute Gasteiger partial charge is 0.0705 e. The summed E-state index contributed by atoms with van der Waals surface area (Å²) in [6, 6.07) is 39.9. The molecule has 4 unspecified atom stereocenters. The fourth-order valence-corrected chi connectivity index (χ4v) is 9.75. The van der Waals surface area contributed by atoms with Crippen LogP contribution in [0.25, 0.3) is 11.3 Å². The molecule has 1 heterocycles. The van der Waals surface area contributed by atoms with Gasteiger partial charge in [0.2, 0.25) is 0 Å². The number of nitrogens with zero attached hydrogens (tertiary/aromatic N) is 1. The predicted molar refractivity (Wildman–Crippen MR) is 145 cm³/mol. The van der Waals surface area contributed by atoms with E-state index in [9.17, 15) is 0 Å². The summed E-state index contributed by atoms with van der Waals surface area (Å²) in [7, 11) is -0.474. The van der Waals surface area contributed by atoms with Crippen LogP contribution in [0.1, 0.15) is 38.3 Å². The second-order valence-electron chi connectivity index (χ2n) is 10.5. The van der Waals surface area contributed by atoms with Gasteiger partial charge in [0.1, 0.15) is 0 Å². The Balaban J connectivity index is 1.48. The number of hydrogen-bond acceptors (Lipinski definition) is 1. The molecule has 2 heteroatoms. The Morgan fingerprint density at radius 3 is 1.85 bits per heavy atom. The molecule has 0 aliphatic heterocycles. The third-order valence-corrected chi connectivity index (χ3v) is 11.4. The first-order chi connectivity index (χ1) is 16.6. The van der Waals surface area contributed by atoms with E-state index in [0.717, 1.165) is 11.6 Å². The quantitative estimate of drug-likeness (QED) is 0.282. The van der Waals surface area contributed by atoms with Gasteiger partial charge in [-0.05, 0) is 66.4 Å². The molecule has 2 bridgehead atoms. The van der Waals surface area contributed by atoms with Crippen LogP contribution in [0.15, 0.2) is 109 Å². The summed E-state index contributed by atoms with van der Waals surface area (Å²) in [5.41, 5.74) is 4.59. The molecule has 4 aromatic rings. The molecule has 0 amide bonds.